The van der Waals surface area contributed by atoms with Crippen molar-refractivity contribution < 1.29 is 9.90 Å². The van der Waals surface area contributed by atoms with Gasteiger partial charge in [-0.05, 0) is 31.9 Å². The average Bonchev–Trinajstić information content (AvgIpc) is 2.37. The molecule has 1 atom stereocenters. The number of hydrogen-bond donors (Lipinski definition) is 2. The van der Waals surface area contributed by atoms with Gasteiger partial charge in [0.05, 0.1) is 5.60 Å². The zero-order valence-electron chi connectivity index (χ0n) is 10.7. The number of aromatic nitrogens is 2. The van der Waals surface area contributed by atoms with Crippen molar-refractivity contribution >= 4 is 11.7 Å². The zero-order valence-corrected chi connectivity index (χ0v) is 10.7. The first kappa shape index (κ1) is 12.8. The van der Waals surface area contributed by atoms with E-state index >= 15 is 0 Å². The van der Waals surface area contributed by atoms with Crippen LogP contribution in [0.1, 0.15) is 30.3 Å². The van der Waals surface area contributed by atoms with Gasteiger partial charge in [0.1, 0.15) is 0 Å². The number of β-amino-alcohol motifs (C(OH)–C–C–N with tert-alkyl or cyclic N) is 1. The summed E-state index contributed by atoms with van der Waals surface area (Å²) in [7, 11) is 1.56. The fourth-order valence-corrected chi connectivity index (χ4v) is 2.16. The molecule has 2 N–H and O–H groups in total. The van der Waals surface area contributed by atoms with Crippen molar-refractivity contribution in [3.63, 3.8) is 0 Å². The molecule has 1 aliphatic heterocycles. The summed E-state index contributed by atoms with van der Waals surface area (Å²) >= 11 is 0. The Balaban J connectivity index is 2.12. The van der Waals surface area contributed by atoms with Crippen molar-refractivity contribution in [2.75, 3.05) is 25.0 Å². The van der Waals surface area contributed by atoms with E-state index in [0.29, 0.717) is 18.1 Å². The number of hydrogen-bond acceptors (Lipinski definition) is 5. The number of piperidine rings is 1. The first-order valence-electron chi connectivity index (χ1n) is 6.05. The van der Waals surface area contributed by atoms with Crippen molar-refractivity contribution in [3.05, 3.63) is 17.8 Å². The predicted octanol–water partition coefficient (Wildman–Crippen LogP) is 0.187. The van der Waals surface area contributed by atoms with Gasteiger partial charge in [-0.1, -0.05) is 0 Å². The molecule has 0 spiro atoms. The quantitative estimate of drug-likeness (QED) is 0.783. The highest BCUT2D eigenvalue weighted by atomic mass is 16.3. The molecule has 1 fully saturated rings. The summed E-state index contributed by atoms with van der Waals surface area (Å²) in [5.41, 5.74) is -0.385. The number of aliphatic hydroxyl groups is 1. The van der Waals surface area contributed by atoms with Crippen molar-refractivity contribution in [1.82, 2.24) is 15.5 Å². The van der Waals surface area contributed by atoms with Crippen molar-refractivity contribution in [1.29, 1.82) is 0 Å². The minimum atomic E-state index is -0.681. The molecule has 6 nitrogen and oxygen atoms in total. The topological polar surface area (TPSA) is 78.4 Å². The van der Waals surface area contributed by atoms with Crippen LogP contribution in [0, 0.1) is 0 Å². The second kappa shape index (κ2) is 4.89. The molecule has 6 heteroatoms. The van der Waals surface area contributed by atoms with E-state index in [9.17, 15) is 9.90 Å². The highest BCUT2D eigenvalue weighted by Gasteiger charge is 2.29. The Morgan fingerprint density at radius 1 is 1.50 bits per heavy atom. The number of nitrogens with one attached hydrogen (secondary N) is 1. The van der Waals surface area contributed by atoms with Crippen LogP contribution >= 0.6 is 0 Å². The van der Waals surface area contributed by atoms with Gasteiger partial charge in [0, 0.05) is 20.1 Å². The number of nitrogens with zero attached hydrogens (tertiary/aromatic N) is 3. The lowest BCUT2D eigenvalue weighted by atomic mass is 9.95. The van der Waals surface area contributed by atoms with Gasteiger partial charge >= 0.3 is 0 Å². The summed E-state index contributed by atoms with van der Waals surface area (Å²) in [4.78, 5) is 13.3. The third-order valence-electron chi connectivity index (χ3n) is 3.11. The van der Waals surface area contributed by atoms with Crippen LogP contribution in [0.25, 0.3) is 0 Å². The lowest BCUT2D eigenvalue weighted by Gasteiger charge is -2.37. The smallest absolute Gasteiger partial charge is 0.271 e. The molecule has 1 aliphatic rings. The van der Waals surface area contributed by atoms with E-state index in [4.69, 9.17) is 0 Å². The second-order valence-corrected chi connectivity index (χ2v) is 4.88. The standard InChI is InChI=1S/C12H18N4O2/c1-12(18)6-3-7-16(8-12)10-5-4-9(14-15-10)11(17)13-2/h4-5,18H,3,6-8H2,1-2H3,(H,13,17). The van der Waals surface area contributed by atoms with Gasteiger partial charge in [0.2, 0.25) is 0 Å². The molecular weight excluding hydrogens is 232 g/mol. The van der Waals surface area contributed by atoms with E-state index in [1.165, 1.54) is 0 Å². The number of carbonyl (C=O) groups excluding carboxylic acids is 1. The molecule has 2 rings (SSSR count). The van der Waals surface area contributed by atoms with Crippen LogP contribution in [0.5, 0.6) is 0 Å². The van der Waals surface area contributed by atoms with Crippen LogP contribution in [0.15, 0.2) is 12.1 Å². The summed E-state index contributed by atoms with van der Waals surface area (Å²) in [6, 6.07) is 3.41. The zero-order chi connectivity index (χ0) is 13.2. The SMILES string of the molecule is CNC(=O)c1ccc(N2CCCC(C)(O)C2)nn1. The van der Waals surface area contributed by atoms with Gasteiger partial charge in [0.25, 0.3) is 5.91 Å². The van der Waals surface area contributed by atoms with E-state index in [1.807, 2.05) is 11.8 Å². The van der Waals surface area contributed by atoms with Crippen molar-refractivity contribution in [3.8, 4) is 0 Å². The van der Waals surface area contributed by atoms with E-state index in [2.05, 4.69) is 15.5 Å². The van der Waals surface area contributed by atoms with Crippen LogP contribution in [0.4, 0.5) is 5.82 Å². The van der Waals surface area contributed by atoms with Crippen LogP contribution in [-0.2, 0) is 0 Å². The van der Waals surface area contributed by atoms with E-state index in [-0.39, 0.29) is 5.91 Å². The van der Waals surface area contributed by atoms with E-state index in [0.717, 1.165) is 19.4 Å². The van der Waals surface area contributed by atoms with Gasteiger partial charge in [-0.25, -0.2) is 0 Å². The lowest BCUT2D eigenvalue weighted by Crippen LogP contribution is -2.46. The van der Waals surface area contributed by atoms with Gasteiger partial charge in [-0.3, -0.25) is 4.79 Å². The molecule has 1 saturated heterocycles. The van der Waals surface area contributed by atoms with E-state index in [1.54, 1.807) is 19.2 Å². The fraction of sp³-hybridized carbons (Fsp3) is 0.583. The maximum atomic E-state index is 11.3. The number of amides is 1. The number of anilines is 1. The predicted molar refractivity (Wildman–Crippen MR) is 67.5 cm³/mol. The Morgan fingerprint density at radius 3 is 2.83 bits per heavy atom. The van der Waals surface area contributed by atoms with E-state index < -0.39 is 5.60 Å². The first-order chi connectivity index (χ1) is 8.52. The van der Waals surface area contributed by atoms with Gasteiger partial charge < -0.3 is 15.3 Å². The normalized spacial score (nSPS) is 23.8. The highest BCUT2D eigenvalue weighted by Crippen LogP contribution is 2.23. The first-order valence-corrected chi connectivity index (χ1v) is 6.05. The molecule has 98 valence electrons. The monoisotopic (exact) mass is 250 g/mol. The molecule has 2 heterocycles. The van der Waals surface area contributed by atoms with Crippen LogP contribution < -0.4 is 10.2 Å². The fourth-order valence-electron chi connectivity index (χ4n) is 2.16. The third-order valence-corrected chi connectivity index (χ3v) is 3.11. The summed E-state index contributed by atoms with van der Waals surface area (Å²) in [6.45, 7) is 3.22. The lowest BCUT2D eigenvalue weighted by molar-refractivity contribution is 0.0446. The summed E-state index contributed by atoms with van der Waals surface area (Å²) in [5.74, 6) is 0.447. The second-order valence-electron chi connectivity index (χ2n) is 4.88. The van der Waals surface area contributed by atoms with Crippen molar-refractivity contribution in [2.24, 2.45) is 0 Å². The highest BCUT2D eigenvalue weighted by molar-refractivity contribution is 5.91. The third kappa shape index (κ3) is 2.76. The Hall–Kier alpha value is -1.69. The average molecular weight is 250 g/mol. The maximum Gasteiger partial charge on any atom is 0.271 e. The molecule has 0 bridgehead atoms. The molecular formula is C12H18N4O2. The van der Waals surface area contributed by atoms with Crippen LogP contribution in [-0.4, -0.2) is 46.9 Å². The molecule has 1 aromatic heterocycles. The Labute approximate surface area is 106 Å². The largest absolute Gasteiger partial charge is 0.388 e. The van der Waals surface area contributed by atoms with Gasteiger partial charge in [0.15, 0.2) is 11.5 Å². The minimum absolute atomic E-state index is 0.250. The van der Waals surface area contributed by atoms with Crippen molar-refractivity contribution in [2.45, 2.75) is 25.4 Å². The van der Waals surface area contributed by atoms with Gasteiger partial charge in [-0.2, -0.15) is 0 Å². The molecule has 0 aromatic carbocycles. The molecule has 0 aliphatic carbocycles. The molecule has 18 heavy (non-hydrogen) atoms. The molecule has 1 amide bonds. The summed E-state index contributed by atoms with van der Waals surface area (Å²) < 4.78 is 0. The molecule has 1 aromatic rings. The Morgan fingerprint density at radius 2 is 2.28 bits per heavy atom. The molecule has 1 unspecified atom stereocenters. The molecule has 0 radical (unpaired) electrons. The summed E-state index contributed by atoms with van der Waals surface area (Å²) in [6.07, 6.45) is 1.72. The minimum Gasteiger partial charge on any atom is -0.388 e. The van der Waals surface area contributed by atoms with Gasteiger partial charge in [-0.15, -0.1) is 10.2 Å². The Kier molecular flexibility index (Phi) is 3.47. The van der Waals surface area contributed by atoms with Crippen LogP contribution in [0.3, 0.4) is 0 Å². The number of rotatable bonds is 2. The Bertz CT molecular complexity index is 430. The van der Waals surface area contributed by atoms with Crippen LogP contribution in [0.2, 0.25) is 0 Å². The maximum absolute atomic E-state index is 11.3. The molecule has 0 saturated carbocycles. The summed E-state index contributed by atoms with van der Waals surface area (Å²) in [5, 5.41) is 20.5. The number of carbonyl (C=O) groups is 1.